The lowest BCUT2D eigenvalue weighted by molar-refractivity contribution is -0.123. The molecule has 4 heteroatoms. The van der Waals surface area contributed by atoms with Crippen molar-refractivity contribution in [2.24, 2.45) is 0 Å². The molecule has 0 heterocycles. The van der Waals surface area contributed by atoms with Crippen LogP contribution in [0.3, 0.4) is 0 Å². The van der Waals surface area contributed by atoms with Crippen molar-refractivity contribution in [3.63, 3.8) is 0 Å². The van der Waals surface area contributed by atoms with E-state index in [1.54, 1.807) is 0 Å². The normalized spacial score (nSPS) is 27.5. The summed E-state index contributed by atoms with van der Waals surface area (Å²) >= 11 is 0. The summed E-state index contributed by atoms with van der Waals surface area (Å²) in [5.74, 6) is -0.118. The Morgan fingerprint density at radius 3 is 2.27 bits per heavy atom. The highest BCUT2D eigenvalue weighted by molar-refractivity contribution is 6.74. The molecule has 0 aromatic rings. The minimum absolute atomic E-state index is 0.0512. The second-order valence-electron chi connectivity index (χ2n) is 5.55. The van der Waals surface area contributed by atoms with Crippen LogP contribution in [0.4, 0.5) is 0 Å². The van der Waals surface area contributed by atoms with Crippen LogP contribution in [-0.2, 0) is 9.22 Å². The maximum absolute atomic E-state index is 11.4. The fourth-order valence-electron chi connectivity index (χ4n) is 1.18. The van der Waals surface area contributed by atoms with Gasteiger partial charge in [-0.15, -0.1) is 0 Å². The first-order valence-corrected chi connectivity index (χ1v) is 8.14. The van der Waals surface area contributed by atoms with E-state index in [0.29, 0.717) is 0 Å². The molecule has 0 saturated heterocycles. The third-order valence-corrected chi connectivity index (χ3v) is 7.73. The van der Waals surface area contributed by atoms with E-state index in [1.165, 1.54) is 12.2 Å². The summed E-state index contributed by atoms with van der Waals surface area (Å²) in [6, 6.07) is 0. The van der Waals surface area contributed by atoms with Crippen molar-refractivity contribution >= 4 is 14.1 Å². The van der Waals surface area contributed by atoms with Gasteiger partial charge in [0.2, 0.25) is 0 Å². The lowest BCUT2D eigenvalue weighted by Crippen LogP contribution is -2.47. The van der Waals surface area contributed by atoms with Crippen LogP contribution in [0.5, 0.6) is 0 Å². The van der Waals surface area contributed by atoms with E-state index < -0.39 is 20.5 Å². The van der Waals surface area contributed by atoms with E-state index in [2.05, 4.69) is 33.9 Å². The van der Waals surface area contributed by atoms with E-state index >= 15 is 0 Å². The Labute approximate surface area is 92.3 Å². The van der Waals surface area contributed by atoms with E-state index in [4.69, 9.17) is 4.43 Å². The van der Waals surface area contributed by atoms with Crippen LogP contribution >= 0.6 is 0 Å². The monoisotopic (exact) mass is 228 g/mol. The highest BCUT2D eigenvalue weighted by Gasteiger charge is 2.43. The van der Waals surface area contributed by atoms with Crippen molar-refractivity contribution in [2.45, 2.75) is 51.1 Å². The Morgan fingerprint density at radius 2 is 1.93 bits per heavy atom. The van der Waals surface area contributed by atoms with Crippen molar-refractivity contribution in [3.05, 3.63) is 12.2 Å². The zero-order valence-corrected chi connectivity index (χ0v) is 11.1. The van der Waals surface area contributed by atoms with Gasteiger partial charge in [0.15, 0.2) is 14.1 Å². The predicted octanol–water partition coefficient (Wildman–Crippen LogP) is 1.88. The molecule has 0 saturated carbocycles. The number of hydrogen-bond donors (Lipinski definition) is 1. The largest absolute Gasteiger partial charge is 0.404 e. The minimum atomic E-state index is -1.97. The summed E-state index contributed by atoms with van der Waals surface area (Å²) < 4.78 is 5.86. The van der Waals surface area contributed by atoms with Crippen molar-refractivity contribution in [2.75, 3.05) is 0 Å². The first-order valence-electron chi connectivity index (χ1n) is 5.23. The number of rotatable bonds is 2. The van der Waals surface area contributed by atoms with Crippen LogP contribution in [0.2, 0.25) is 18.1 Å². The molecule has 1 aliphatic rings. The van der Waals surface area contributed by atoms with E-state index in [-0.39, 0.29) is 10.8 Å². The Kier molecular flexibility index (Phi) is 3.23. The lowest BCUT2D eigenvalue weighted by Gasteiger charge is -2.38. The first-order chi connectivity index (χ1) is 6.65. The number of aliphatic hydroxyl groups is 1. The molecule has 0 aromatic carbocycles. The topological polar surface area (TPSA) is 46.5 Å². The molecule has 86 valence electrons. The number of carbonyl (C=O) groups excluding carboxylic acids is 1. The lowest BCUT2D eigenvalue weighted by atomic mass is 10.2. The van der Waals surface area contributed by atoms with Gasteiger partial charge in [-0.3, -0.25) is 4.79 Å². The molecule has 3 nitrogen and oxygen atoms in total. The molecule has 1 rings (SSSR count). The van der Waals surface area contributed by atoms with Crippen molar-refractivity contribution < 1.29 is 14.3 Å². The Morgan fingerprint density at radius 1 is 1.40 bits per heavy atom. The van der Waals surface area contributed by atoms with Crippen LogP contribution in [0.25, 0.3) is 0 Å². The van der Waals surface area contributed by atoms with Crippen molar-refractivity contribution in [3.8, 4) is 0 Å². The van der Waals surface area contributed by atoms with Gasteiger partial charge in [-0.25, -0.2) is 0 Å². The fourth-order valence-corrected chi connectivity index (χ4v) is 2.42. The fraction of sp³-hybridized carbons (Fsp3) is 0.727. The minimum Gasteiger partial charge on any atom is -0.404 e. The number of hydrogen-bond acceptors (Lipinski definition) is 3. The smallest absolute Gasteiger partial charge is 0.193 e. The maximum Gasteiger partial charge on any atom is 0.193 e. The van der Waals surface area contributed by atoms with Gasteiger partial charge in [0.25, 0.3) is 0 Å². The van der Waals surface area contributed by atoms with Gasteiger partial charge in [0.1, 0.15) is 12.2 Å². The average Bonchev–Trinajstić information content (AvgIpc) is 2.33. The Bertz CT molecular complexity index is 289. The molecule has 2 atom stereocenters. The molecule has 1 N–H and O–H groups in total. The molecule has 0 bridgehead atoms. The zero-order chi connectivity index (χ0) is 11.9. The molecular weight excluding hydrogens is 208 g/mol. The Balaban J connectivity index is 2.74. The molecular formula is C11H20O3Si. The third-order valence-electron chi connectivity index (χ3n) is 3.28. The molecule has 1 aliphatic carbocycles. The molecule has 0 spiro atoms. The number of aliphatic hydroxyl groups excluding tert-OH is 1. The third kappa shape index (κ3) is 2.56. The van der Waals surface area contributed by atoms with Gasteiger partial charge in [-0.05, 0) is 30.3 Å². The highest BCUT2D eigenvalue weighted by atomic mass is 28.4. The van der Waals surface area contributed by atoms with E-state index in [1.807, 2.05) is 0 Å². The summed E-state index contributed by atoms with van der Waals surface area (Å²) in [6.45, 7) is 10.5. The van der Waals surface area contributed by atoms with Crippen LogP contribution in [0, 0.1) is 0 Å². The summed E-state index contributed by atoms with van der Waals surface area (Å²) in [5.41, 5.74) is 0. The molecule has 0 aliphatic heterocycles. The molecule has 0 fully saturated rings. The summed E-state index contributed by atoms with van der Waals surface area (Å²) in [6.07, 6.45) is 1.46. The SMILES string of the molecule is CC(C)(C)[Si](C)(C)O[C@@H]1C(=O)C=C[C@@H]1O. The van der Waals surface area contributed by atoms with Gasteiger partial charge in [0, 0.05) is 0 Å². The van der Waals surface area contributed by atoms with Crippen molar-refractivity contribution in [1.82, 2.24) is 0 Å². The van der Waals surface area contributed by atoms with Gasteiger partial charge in [0.05, 0.1) is 0 Å². The van der Waals surface area contributed by atoms with Crippen LogP contribution in [0.1, 0.15) is 20.8 Å². The number of ketones is 1. The molecule has 15 heavy (non-hydrogen) atoms. The molecule has 0 unspecified atom stereocenters. The summed E-state index contributed by atoms with van der Waals surface area (Å²) in [5, 5.41) is 9.63. The van der Waals surface area contributed by atoms with Gasteiger partial charge in [-0.2, -0.15) is 0 Å². The van der Waals surface area contributed by atoms with Gasteiger partial charge in [-0.1, -0.05) is 20.8 Å². The quantitative estimate of drug-likeness (QED) is 0.734. The highest BCUT2D eigenvalue weighted by Crippen LogP contribution is 2.38. The summed E-state index contributed by atoms with van der Waals surface area (Å²) in [4.78, 5) is 11.4. The number of carbonyl (C=O) groups is 1. The molecule has 0 aromatic heterocycles. The zero-order valence-electron chi connectivity index (χ0n) is 10.1. The first kappa shape index (κ1) is 12.6. The predicted molar refractivity (Wildman–Crippen MR) is 62.2 cm³/mol. The molecule has 0 amide bonds. The van der Waals surface area contributed by atoms with E-state index in [9.17, 15) is 9.90 Å². The second-order valence-corrected chi connectivity index (χ2v) is 10.3. The second kappa shape index (κ2) is 3.85. The van der Waals surface area contributed by atoms with Crippen LogP contribution < -0.4 is 0 Å². The standard InChI is InChI=1S/C11H20O3Si/c1-11(2,3)15(4,5)14-10-8(12)6-7-9(10)13/h6-8,10,12H,1-5H3/t8-,10-/m0/s1. The maximum atomic E-state index is 11.4. The van der Waals surface area contributed by atoms with Gasteiger partial charge < -0.3 is 9.53 Å². The van der Waals surface area contributed by atoms with Crippen molar-refractivity contribution in [1.29, 1.82) is 0 Å². The van der Waals surface area contributed by atoms with Crippen LogP contribution in [-0.4, -0.2) is 31.4 Å². The van der Waals surface area contributed by atoms with Crippen LogP contribution in [0.15, 0.2) is 12.2 Å². The van der Waals surface area contributed by atoms with Gasteiger partial charge >= 0.3 is 0 Å². The molecule has 0 radical (unpaired) electrons. The van der Waals surface area contributed by atoms with E-state index in [0.717, 1.165) is 0 Å². The Hall–Kier alpha value is -0.453. The summed E-state index contributed by atoms with van der Waals surface area (Å²) in [7, 11) is -1.97. The average molecular weight is 228 g/mol.